The van der Waals surface area contributed by atoms with Crippen LogP contribution in [0.25, 0.3) is 22.3 Å². The Labute approximate surface area is 232 Å². The first-order chi connectivity index (χ1) is 19.7. The Morgan fingerprint density at radius 3 is 2.49 bits per heavy atom. The fourth-order valence-corrected chi connectivity index (χ4v) is 6.18. The topological polar surface area (TPSA) is 83.8 Å². The highest BCUT2D eigenvalue weighted by atomic mass is 19.4. The van der Waals surface area contributed by atoms with Crippen molar-refractivity contribution in [2.45, 2.75) is 44.4 Å². The number of nitrogens with one attached hydrogen (secondary N) is 2. The maximum absolute atomic E-state index is 15.0. The molecule has 1 aromatic carbocycles. The fourth-order valence-electron chi connectivity index (χ4n) is 6.18. The van der Waals surface area contributed by atoms with Gasteiger partial charge in [0, 0.05) is 37.8 Å². The van der Waals surface area contributed by atoms with Gasteiger partial charge in [0.2, 0.25) is 5.95 Å². The zero-order valence-electron chi connectivity index (χ0n) is 22.0. The maximum atomic E-state index is 15.0. The average Bonchev–Trinajstić information content (AvgIpc) is 3.51. The molecule has 214 valence electrons. The van der Waals surface area contributed by atoms with E-state index in [-0.39, 0.29) is 46.9 Å². The number of anilines is 2. The summed E-state index contributed by atoms with van der Waals surface area (Å²) in [5.74, 6) is -1.08. The van der Waals surface area contributed by atoms with Crippen LogP contribution in [-0.2, 0) is 13.0 Å². The molecule has 41 heavy (non-hydrogen) atoms. The normalized spacial score (nSPS) is 20.4. The lowest BCUT2D eigenvalue weighted by molar-refractivity contribution is -0.164. The molecule has 3 aliphatic heterocycles. The molecule has 0 saturated carbocycles. The zero-order valence-corrected chi connectivity index (χ0v) is 22.0. The molecule has 0 radical (unpaired) electrons. The first-order valence-corrected chi connectivity index (χ1v) is 13.6. The number of hydrogen-bond acceptors (Lipinski definition) is 7. The van der Waals surface area contributed by atoms with Crippen LogP contribution in [0.15, 0.2) is 36.7 Å². The zero-order chi connectivity index (χ0) is 28.4. The van der Waals surface area contributed by atoms with Gasteiger partial charge in [-0.2, -0.15) is 13.2 Å². The number of halogens is 5. The fraction of sp³-hybridized carbons (Fsp3) is 0.429. The van der Waals surface area contributed by atoms with E-state index in [1.54, 1.807) is 12.3 Å². The third-order valence-corrected chi connectivity index (χ3v) is 8.56. The Morgan fingerprint density at radius 1 is 1.00 bits per heavy atom. The Morgan fingerprint density at radius 2 is 1.80 bits per heavy atom. The lowest BCUT2D eigenvalue weighted by atomic mass is 9.73. The van der Waals surface area contributed by atoms with Gasteiger partial charge in [-0.05, 0) is 61.5 Å². The first-order valence-electron chi connectivity index (χ1n) is 13.6. The third-order valence-electron chi connectivity index (χ3n) is 8.56. The number of imidazole rings is 1. The molecular formula is C28H27F5N8. The minimum Gasteiger partial charge on any atom is -0.316 e. The number of alkyl halides is 3. The van der Waals surface area contributed by atoms with Gasteiger partial charge in [-0.1, -0.05) is 6.07 Å². The molecule has 3 aliphatic rings. The summed E-state index contributed by atoms with van der Waals surface area (Å²) in [4.78, 5) is 19.1. The standard InChI is InChI=1S/C28H27F5N8/c29-18-9-17(10-20-25(18)38-23-4-2-21(41(20)23)28(31,32)33)24-19(30)12-36-26(39-24)37-22-3-1-16(11-35-22)13-40-7-5-27(6-8-40)14-34-15-27/h1,3,9-12,21,34H,2,4-8,13-15H2,(H,35,36,37,39)/t21-/m0/s1. The highest BCUT2D eigenvalue weighted by molar-refractivity contribution is 5.83. The molecule has 1 atom stereocenters. The predicted molar refractivity (Wildman–Crippen MR) is 141 cm³/mol. The van der Waals surface area contributed by atoms with Gasteiger partial charge >= 0.3 is 6.18 Å². The molecule has 1 spiro atoms. The second kappa shape index (κ2) is 9.69. The van der Waals surface area contributed by atoms with Crippen molar-refractivity contribution in [3.8, 4) is 11.3 Å². The van der Waals surface area contributed by atoms with Crippen molar-refractivity contribution in [2.24, 2.45) is 5.41 Å². The van der Waals surface area contributed by atoms with E-state index < -0.39 is 23.9 Å². The molecule has 4 aromatic rings. The molecular weight excluding hydrogens is 543 g/mol. The van der Waals surface area contributed by atoms with Crippen LogP contribution in [0.3, 0.4) is 0 Å². The summed E-state index contributed by atoms with van der Waals surface area (Å²) in [6.45, 7) is 5.14. The van der Waals surface area contributed by atoms with E-state index in [9.17, 15) is 22.0 Å². The lowest BCUT2D eigenvalue weighted by Gasteiger charge is -2.48. The van der Waals surface area contributed by atoms with Crippen LogP contribution in [0.4, 0.5) is 33.7 Å². The second-order valence-electron chi connectivity index (χ2n) is 11.3. The number of aryl methyl sites for hydroxylation is 1. The molecule has 0 amide bonds. The number of fused-ring (bicyclic) bond motifs is 3. The van der Waals surface area contributed by atoms with E-state index in [0.717, 1.165) is 55.1 Å². The number of pyridine rings is 1. The van der Waals surface area contributed by atoms with Gasteiger partial charge < -0.3 is 15.2 Å². The van der Waals surface area contributed by atoms with Gasteiger partial charge in [0.15, 0.2) is 11.6 Å². The number of piperidine rings is 1. The summed E-state index contributed by atoms with van der Waals surface area (Å²) < 4.78 is 71.7. The van der Waals surface area contributed by atoms with Crippen LogP contribution >= 0.6 is 0 Å². The molecule has 2 saturated heterocycles. The van der Waals surface area contributed by atoms with Gasteiger partial charge in [-0.25, -0.2) is 28.7 Å². The smallest absolute Gasteiger partial charge is 0.316 e. The van der Waals surface area contributed by atoms with E-state index in [4.69, 9.17) is 0 Å². The van der Waals surface area contributed by atoms with Gasteiger partial charge in [-0.3, -0.25) is 4.90 Å². The van der Waals surface area contributed by atoms with E-state index in [0.29, 0.717) is 11.2 Å². The van der Waals surface area contributed by atoms with Crippen molar-refractivity contribution in [3.63, 3.8) is 0 Å². The Bertz CT molecular complexity index is 1600. The van der Waals surface area contributed by atoms with Crippen LogP contribution < -0.4 is 10.6 Å². The lowest BCUT2D eigenvalue weighted by Crippen LogP contribution is -2.58. The summed E-state index contributed by atoms with van der Waals surface area (Å²) in [5, 5.41) is 6.31. The monoisotopic (exact) mass is 570 g/mol. The number of benzene rings is 1. The van der Waals surface area contributed by atoms with Crippen molar-refractivity contribution in [1.29, 1.82) is 0 Å². The number of hydrogen-bond donors (Lipinski definition) is 2. The second-order valence-corrected chi connectivity index (χ2v) is 11.3. The molecule has 3 aromatic heterocycles. The van der Waals surface area contributed by atoms with Crippen LogP contribution in [0, 0.1) is 17.0 Å². The molecule has 0 aliphatic carbocycles. The Hall–Kier alpha value is -3.71. The highest BCUT2D eigenvalue weighted by Crippen LogP contribution is 2.43. The van der Waals surface area contributed by atoms with Crippen molar-refractivity contribution >= 4 is 22.8 Å². The predicted octanol–water partition coefficient (Wildman–Crippen LogP) is 5.15. The molecule has 13 heteroatoms. The van der Waals surface area contributed by atoms with Crippen LogP contribution in [0.5, 0.6) is 0 Å². The minimum absolute atomic E-state index is 0.0159. The third kappa shape index (κ3) is 4.80. The van der Waals surface area contributed by atoms with Gasteiger partial charge in [0.1, 0.15) is 28.9 Å². The van der Waals surface area contributed by atoms with Gasteiger partial charge in [-0.15, -0.1) is 0 Å². The SMILES string of the molecule is Fc1cnc(Nc2ccc(CN3CCC4(CC3)CNC4)cn2)nc1-c1cc(F)c2nc3n(c2c1)[C@H](C(F)(F)F)CC3. The summed E-state index contributed by atoms with van der Waals surface area (Å²) in [6, 6.07) is 4.24. The molecule has 0 unspecified atom stereocenters. The molecule has 6 heterocycles. The Kier molecular flexibility index (Phi) is 6.19. The Balaban J connectivity index is 1.10. The number of aromatic nitrogens is 5. The van der Waals surface area contributed by atoms with E-state index >= 15 is 0 Å². The number of likely N-dealkylation sites (tertiary alicyclic amines) is 1. The quantitative estimate of drug-likeness (QED) is 0.322. The van der Waals surface area contributed by atoms with Crippen molar-refractivity contribution in [3.05, 3.63) is 59.7 Å². The van der Waals surface area contributed by atoms with E-state index in [1.807, 2.05) is 6.07 Å². The van der Waals surface area contributed by atoms with Crippen molar-refractivity contribution in [2.75, 3.05) is 31.5 Å². The molecule has 8 nitrogen and oxygen atoms in total. The molecule has 7 rings (SSSR count). The van der Waals surface area contributed by atoms with Crippen molar-refractivity contribution in [1.82, 2.24) is 34.7 Å². The number of rotatable bonds is 5. The summed E-state index contributed by atoms with van der Waals surface area (Å²) in [7, 11) is 0. The van der Waals surface area contributed by atoms with Crippen LogP contribution in [-0.4, -0.2) is 61.8 Å². The van der Waals surface area contributed by atoms with E-state index in [2.05, 4.69) is 35.5 Å². The number of nitrogens with zero attached hydrogens (tertiary/aromatic N) is 6. The molecule has 2 N–H and O–H groups in total. The minimum atomic E-state index is -4.52. The molecule has 0 bridgehead atoms. The average molecular weight is 571 g/mol. The summed E-state index contributed by atoms with van der Waals surface area (Å²) in [6.07, 6.45) is 0.470. The summed E-state index contributed by atoms with van der Waals surface area (Å²) >= 11 is 0. The largest absolute Gasteiger partial charge is 0.409 e. The summed E-state index contributed by atoms with van der Waals surface area (Å²) in [5.41, 5.74) is 1.05. The highest BCUT2D eigenvalue weighted by Gasteiger charge is 2.46. The first kappa shape index (κ1) is 26.2. The van der Waals surface area contributed by atoms with Gasteiger partial charge in [0.05, 0.1) is 11.7 Å². The van der Waals surface area contributed by atoms with Crippen LogP contribution in [0.2, 0.25) is 0 Å². The van der Waals surface area contributed by atoms with Gasteiger partial charge in [0.25, 0.3) is 0 Å². The van der Waals surface area contributed by atoms with Crippen molar-refractivity contribution < 1.29 is 22.0 Å². The van der Waals surface area contributed by atoms with Crippen LogP contribution in [0.1, 0.15) is 36.7 Å². The maximum Gasteiger partial charge on any atom is 0.409 e. The molecule has 2 fully saturated rings. The van der Waals surface area contributed by atoms with E-state index in [1.165, 1.54) is 18.9 Å².